The van der Waals surface area contributed by atoms with Gasteiger partial charge < -0.3 is 15.5 Å². The number of anilines is 1. The van der Waals surface area contributed by atoms with E-state index in [9.17, 15) is 9.59 Å². The number of nitrogens with one attached hydrogen (secondary N) is 2. The highest BCUT2D eigenvalue weighted by molar-refractivity contribution is 5.96. The molecule has 1 unspecified atom stereocenters. The van der Waals surface area contributed by atoms with Crippen LogP contribution in [-0.4, -0.2) is 36.3 Å². The Morgan fingerprint density at radius 1 is 1.07 bits per heavy atom. The quantitative estimate of drug-likeness (QED) is 0.826. The molecule has 142 valence electrons. The number of amides is 2. The molecule has 1 atom stereocenters. The second kappa shape index (κ2) is 9.33. The average molecular weight is 365 g/mol. The molecule has 1 fully saturated rings. The lowest BCUT2D eigenvalue weighted by Gasteiger charge is -2.32. The maximum absolute atomic E-state index is 12.8. The zero-order valence-electron chi connectivity index (χ0n) is 15.8. The van der Waals surface area contributed by atoms with E-state index in [1.165, 1.54) is 0 Å². The molecule has 2 aromatic rings. The van der Waals surface area contributed by atoms with E-state index in [-0.39, 0.29) is 17.7 Å². The van der Waals surface area contributed by atoms with E-state index >= 15 is 0 Å². The first-order valence-electron chi connectivity index (χ1n) is 9.63. The molecule has 1 aliphatic heterocycles. The predicted molar refractivity (Wildman–Crippen MR) is 108 cm³/mol. The van der Waals surface area contributed by atoms with E-state index in [1.54, 1.807) is 4.90 Å². The van der Waals surface area contributed by atoms with Crippen molar-refractivity contribution in [2.75, 3.05) is 25.0 Å². The summed E-state index contributed by atoms with van der Waals surface area (Å²) >= 11 is 0. The van der Waals surface area contributed by atoms with Gasteiger partial charge >= 0.3 is 0 Å². The normalized spacial score (nSPS) is 16.8. The lowest BCUT2D eigenvalue weighted by atomic mass is 9.96. The maximum atomic E-state index is 12.8. The fourth-order valence-corrected chi connectivity index (χ4v) is 3.43. The Balaban J connectivity index is 1.64. The topological polar surface area (TPSA) is 61.4 Å². The summed E-state index contributed by atoms with van der Waals surface area (Å²) in [4.78, 5) is 27.3. The van der Waals surface area contributed by atoms with Crippen molar-refractivity contribution in [2.24, 2.45) is 5.92 Å². The zero-order chi connectivity index (χ0) is 19.1. The highest BCUT2D eigenvalue weighted by atomic mass is 16.2. The molecule has 0 spiro atoms. The molecule has 2 N–H and O–H groups in total. The first-order valence-corrected chi connectivity index (χ1v) is 9.63. The first-order chi connectivity index (χ1) is 13.2. The van der Waals surface area contributed by atoms with E-state index in [0.29, 0.717) is 18.7 Å². The van der Waals surface area contributed by atoms with Crippen LogP contribution in [0.25, 0.3) is 0 Å². The number of carbonyl (C=O) groups excluding carboxylic acids is 2. The number of hydrogen-bond donors (Lipinski definition) is 2. The molecule has 0 radical (unpaired) electrons. The van der Waals surface area contributed by atoms with Crippen LogP contribution in [0, 0.1) is 5.92 Å². The van der Waals surface area contributed by atoms with E-state index in [4.69, 9.17) is 0 Å². The van der Waals surface area contributed by atoms with Gasteiger partial charge in [0.1, 0.15) is 0 Å². The molecule has 27 heavy (non-hydrogen) atoms. The van der Waals surface area contributed by atoms with Crippen LogP contribution in [0.3, 0.4) is 0 Å². The lowest BCUT2D eigenvalue weighted by molar-refractivity contribution is -0.121. The fourth-order valence-electron chi connectivity index (χ4n) is 3.43. The summed E-state index contributed by atoms with van der Waals surface area (Å²) in [5, 5.41) is 6.37. The number of hydrogen-bond acceptors (Lipinski definition) is 3. The predicted octanol–water partition coefficient (Wildman–Crippen LogP) is 3.29. The smallest absolute Gasteiger partial charge is 0.253 e. The van der Waals surface area contributed by atoms with Gasteiger partial charge in [0.2, 0.25) is 5.91 Å². The summed E-state index contributed by atoms with van der Waals surface area (Å²) in [6, 6.07) is 17.1. The Bertz CT molecular complexity index is 776. The van der Waals surface area contributed by atoms with Crippen LogP contribution in [0.15, 0.2) is 54.6 Å². The van der Waals surface area contributed by atoms with Crippen molar-refractivity contribution in [1.29, 1.82) is 0 Å². The van der Waals surface area contributed by atoms with Crippen LogP contribution in [0.2, 0.25) is 0 Å². The number of para-hydroxylation sites is 1. The Labute approximate surface area is 160 Å². The van der Waals surface area contributed by atoms with E-state index in [1.807, 2.05) is 54.6 Å². The molecule has 1 saturated heterocycles. The van der Waals surface area contributed by atoms with Gasteiger partial charge in [-0.15, -0.1) is 0 Å². The third-order valence-corrected chi connectivity index (χ3v) is 4.94. The van der Waals surface area contributed by atoms with Crippen LogP contribution in [0.1, 0.15) is 35.7 Å². The van der Waals surface area contributed by atoms with Crippen LogP contribution < -0.4 is 10.6 Å². The van der Waals surface area contributed by atoms with Gasteiger partial charge in [-0.3, -0.25) is 9.59 Å². The van der Waals surface area contributed by atoms with E-state index in [2.05, 4.69) is 17.6 Å². The van der Waals surface area contributed by atoms with Crippen molar-refractivity contribution in [3.05, 3.63) is 65.7 Å². The number of likely N-dealkylation sites (tertiary alicyclic amines) is 1. The summed E-state index contributed by atoms with van der Waals surface area (Å²) in [6.07, 6.45) is 1.65. The fraction of sp³-hybridized carbons (Fsp3) is 0.364. The lowest BCUT2D eigenvalue weighted by Crippen LogP contribution is -2.43. The summed E-state index contributed by atoms with van der Waals surface area (Å²) < 4.78 is 0. The van der Waals surface area contributed by atoms with Gasteiger partial charge in [-0.25, -0.2) is 0 Å². The number of piperidine rings is 1. The minimum absolute atomic E-state index is 0.000598. The second-order valence-electron chi connectivity index (χ2n) is 6.88. The van der Waals surface area contributed by atoms with E-state index in [0.717, 1.165) is 37.2 Å². The molecule has 2 amide bonds. The van der Waals surface area contributed by atoms with Crippen molar-refractivity contribution in [3.63, 3.8) is 0 Å². The number of rotatable bonds is 6. The van der Waals surface area contributed by atoms with Gasteiger partial charge in [0, 0.05) is 30.9 Å². The largest absolute Gasteiger partial charge is 0.338 e. The molecule has 0 saturated carbocycles. The summed E-state index contributed by atoms with van der Waals surface area (Å²) in [5.41, 5.74) is 2.59. The van der Waals surface area contributed by atoms with Gasteiger partial charge in [0.05, 0.1) is 5.92 Å². The molecule has 1 heterocycles. The van der Waals surface area contributed by atoms with E-state index < -0.39 is 0 Å². The molecular formula is C22H27N3O2. The second-order valence-corrected chi connectivity index (χ2v) is 6.88. The van der Waals surface area contributed by atoms with Crippen molar-refractivity contribution < 1.29 is 9.59 Å². The standard InChI is InChI=1S/C22H27N3O2/c1-2-23-15-18-11-6-7-13-20(18)24-21(26)19-12-8-14-25(16-19)22(27)17-9-4-3-5-10-17/h3-7,9-11,13,19,23H,2,8,12,14-16H2,1H3,(H,24,26). The minimum Gasteiger partial charge on any atom is -0.338 e. The van der Waals surface area contributed by atoms with Crippen LogP contribution in [0.4, 0.5) is 5.69 Å². The van der Waals surface area contributed by atoms with Crippen molar-refractivity contribution in [3.8, 4) is 0 Å². The van der Waals surface area contributed by atoms with Gasteiger partial charge in [0.25, 0.3) is 5.91 Å². The SMILES string of the molecule is CCNCc1ccccc1NC(=O)C1CCCN(C(=O)c2ccccc2)C1. The molecule has 1 aliphatic rings. The first kappa shape index (κ1) is 19.1. The third kappa shape index (κ3) is 4.95. The molecule has 3 rings (SSSR count). The van der Waals surface area contributed by atoms with Crippen molar-refractivity contribution in [1.82, 2.24) is 10.2 Å². The zero-order valence-corrected chi connectivity index (χ0v) is 15.8. The van der Waals surface area contributed by atoms with Crippen molar-refractivity contribution >= 4 is 17.5 Å². The van der Waals surface area contributed by atoms with Crippen LogP contribution >= 0.6 is 0 Å². The number of benzene rings is 2. The summed E-state index contributed by atoms with van der Waals surface area (Å²) in [5.74, 6) is -0.191. The Morgan fingerprint density at radius 3 is 2.59 bits per heavy atom. The highest BCUT2D eigenvalue weighted by Gasteiger charge is 2.29. The molecule has 0 aliphatic carbocycles. The van der Waals surface area contributed by atoms with Gasteiger partial charge in [-0.1, -0.05) is 43.3 Å². The highest BCUT2D eigenvalue weighted by Crippen LogP contribution is 2.22. The number of carbonyl (C=O) groups is 2. The molecule has 2 aromatic carbocycles. The molecule has 0 aromatic heterocycles. The Kier molecular flexibility index (Phi) is 6.60. The average Bonchev–Trinajstić information content (AvgIpc) is 2.73. The molecule has 5 nitrogen and oxygen atoms in total. The summed E-state index contributed by atoms with van der Waals surface area (Å²) in [7, 11) is 0. The number of nitrogens with zero attached hydrogens (tertiary/aromatic N) is 1. The monoisotopic (exact) mass is 365 g/mol. The van der Waals surface area contributed by atoms with Gasteiger partial charge in [0.15, 0.2) is 0 Å². The van der Waals surface area contributed by atoms with Crippen LogP contribution in [0.5, 0.6) is 0 Å². The third-order valence-electron chi connectivity index (χ3n) is 4.94. The Morgan fingerprint density at radius 2 is 1.81 bits per heavy atom. The van der Waals surface area contributed by atoms with Gasteiger partial charge in [-0.05, 0) is 43.1 Å². The van der Waals surface area contributed by atoms with Crippen LogP contribution in [-0.2, 0) is 11.3 Å². The van der Waals surface area contributed by atoms with Gasteiger partial charge in [-0.2, -0.15) is 0 Å². The summed E-state index contributed by atoms with van der Waals surface area (Å²) in [6.45, 7) is 4.82. The molecular weight excluding hydrogens is 338 g/mol. The molecule has 0 bridgehead atoms. The van der Waals surface area contributed by atoms with Crippen molar-refractivity contribution in [2.45, 2.75) is 26.3 Å². The minimum atomic E-state index is -0.182. The Hall–Kier alpha value is -2.66. The molecule has 5 heteroatoms. The maximum Gasteiger partial charge on any atom is 0.253 e.